The Bertz CT molecular complexity index is 731. The van der Waals surface area contributed by atoms with Crippen molar-refractivity contribution in [1.82, 2.24) is 9.80 Å². The Kier molecular flexibility index (Phi) is 5.23. The van der Waals surface area contributed by atoms with Gasteiger partial charge in [0, 0.05) is 30.7 Å². The summed E-state index contributed by atoms with van der Waals surface area (Å²) < 4.78 is 5.71. The number of carbonyl (C=O) groups is 2. The quantitative estimate of drug-likeness (QED) is 0.913. The summed E-state index contributed by atoms with van der Waals surface area (Å²) in [5.41, 5.74) is 0.673. The highest BCUT2D eigenvalue weighted by Gasteiger charge is 2.32. The molecule has 3 rings (SSSR count). The van der Waals surface area contributed by atoms with Crippen molar-refractivity contribution in [3.05, 3.63) is 46.7 Å². The lowest BCUT2D eigenvalue weighted by Gasteiger charge is -2.37. The predicted molar refractivity (Wildman–Crippen MR) is 97.9 cm³/mol. The first-order valence-corrected chi connectivity index (χ1v) is 9.00. The number of benzene rings is 1. The molecule has 1 fully saturated rings. The molecule has 1 atom stereocenters. The lowest BCUT2D eigenvalue weighted by Crippen LogP contribution is -2.57. The molecule has 6 nitrogen and oxygen atoms in total. The molecular weight excluding hydrogens is 338 g/mol. The second-order valence-corrected chi connectivity index (χ2v) is 6.98. The van der Waals surface area contributed by atoms with Crippen LogP contribution >= 0.6 is 11.3 Å². The standard InChI is InChI=1S/C18H21N3O3S/c1-13-17(22)20(2)9-10-21(13)18(23)19-14-5-7-15(8-6-14)24-12-16-4-3-11-25-16/h3-8,11,13H,9-10,12H2,1-2H3,(H,19,23)/t13-/m0/s1. The van der Waals surface area contributed by atoms with Crippen molar-refractivity contribution in [2.24, 2.45) is 0 Å². The monoisotopic (exact) mass is 359 g/mol. The zero-order valence-corrected chi connectivity index (χ0v) is 15.1. The number of piperazine rings is 1. The highest BCUT2D eigenvalue weighted by atomic mass is 32.1. The smallest absolute Gasteiger partial charge is 0.322 e. The van der Waals surface area contributed by atoms with Crippen LogP contribution in [0.15, 0.2) is 41.8 Å². The van der Waals surface area contributed by atoms with E-state index in [2.05, 4.69) is 5.32 Å². The Morgan fingerprint density at radius 2 is 2.04 bits per heavy atom. The summed E-state index contributed by atoms with van der Waals surface area (Å²) in [6.45, 7) is 3.35. The summed E-state index contributed by atoms with van der Waals surface area (Å²) in [5, 5.41) is 4.85. The largest absolute Gasteiger partial charge is 0.488 e. The van der Waals surface area contributed by atoms with E-state index in [9.17, 15) is 9.59 Å². The van der Waals surface area contributed by atoms with Crippen LogP contribution in [0.2, 0.25) is 0 Å². The average molecular weight is 359 g/mol. The van der Waals surface area contributed by atoms with E-state index in [1.165, 1.54) is 0 Å². The fraction of sp³-hybridized carbons (Fsp3) is 0.333. The van der Waals surface area contributed by atoms with Crippen LogP contribution in [0.4, 0.5) is 10.5 Å². The second kappa shape index (κ2) is 7.57. The molecule has 25 heavy (non-hydrogen) atoms. The van der Waals surface area contributed by atoms with Gasteiger partial charge in [0.15, 0.2) is 0 Å². The van der Waals surface area contributed by atoms with Crippen LogP contribution in [0.5, 0.6) is 5.75 Å². The maximum atomic E-state index is 12.4. The fourth-order valence-electron chi connectivity index (χ4n) is 2.67. The van der Waals surface area contributed by atoms with Gasteiger partial charge in [-0.1, -0.05) is 6.07 Å². The number of ether oxygens (including phenoxy) is 1. The molecule has 2 aromatic rings. The Balaban J connectivity index is 1.55. The van der Waals surface area contributed by atoms with Gasteiger partial charge in [0.05, 0.1) is 0 Å². The third-order valence-electron chi connectivity index (χ3n) is 4.21. The van der Waals surface area contributed by atoms with Gasteiger partial charge in [0.2, 0.25) is 5.91 Å². The van der Waals surface area contributed by atoms with E-state index in [4.69, 9.17) is 4.74 Å². The van der Waals surface area contributed by atoms with Crippen molar-refractivity contribution in [1.29, 1.82) is 0 Å². The van der Waals surface area contributed by atoms with Crippen LogP contribution in [-0.4, -0.2) is 47.9 Å². The molecule has 0 aliphatic carbocycles. The number of thiophene rings is 1. The summed E-state index contributed by atoms with van der Waals surface area (Å²) >= 11 is 1.65. The number of likely N-dealkylation sites (N-methyl/N-ethyl adjacent to an activating group) is 1. The summed E-state index contributed by atoms with van der Waals surface area (Å²) in [7, 11) is 1.75. The van der Waals surface area contributed by atoms with Crippen LogP contribution in [0.3, 0.4) is 0 Å². The zero-order chi connectivity index (χ0) is 17.8. The summed E-state index contributed by atoms with van der Waals surface area (Å²) in [4.78, 5) is 28.8. The molecule has 1 N–H and O–H groups in total. The van der Waals surface area contributed by atoms with Crippen molar-refractivity contribution in [3.8, 4) is 5.75 Å². The maximum absolute atomic E-state index is 12.4. The maximum Gasteiger partial charge on any atom is 0.322 e. The number of rotatable bonds is 4. The van der Waals surface area contributed by atoms with E-state index < -0.39 is 6.04 Å². The van der Waals surface area contributed by atoms with Crippen molar-refractivity contribution < 1.29 is 14.3 Å². The third kappa shape index (κ3) is 4.11. The summed E-state index contributed by atoms with van der Waals surface area (Å²) in [6, 6.07) is 10.5. The first-order chi connectivity index (χ1) is 12.0. The fourth-order valence-corrected chi connectivity index (χ4v) is 3.29. The molecular formula is C18H21N3O3S. The molecule has 1 saturated heterocycles. The van der Waals surface area contributed by atoms with E-state index in [1.54, 1.807) is 47.2 Å². The average Bonchev–Trinajstić information content (AvgIpc) is 3.12. The van der Waals surface area contributed by atoms with Crippen LogP contribution in [0.25, 0.3) is 0 Å². The van der Waals surface area contributed by atoms with E-state index in [0.717, 1.165) is 10.6 Å². The topological polar surface area (TPSA) is 61.9 Å². The number of nitrogens with one attached hydrogen (secondary N) is 1. The molecule has 0 bridgehead atoms. The lowest BCUT2D eigenvalue weighted by atomic mass is 10.2. The van der Waals surface area contributed by atoms with Crippen LogP contribution in [0.1, 0.15) is 11.8 Å². The van der Waals surface area contributed by atoms with E-state index in [1.807, 2.05) is 29.6 Å². The Morgan fingerprint density at radius 3 is 2.72 bits per heavy atom. The minimum atomic E-state index is -0.452. The number of anilines is 1. The molecule has 7 heteroatoms. The molecule has 0 saturated carbocycles. The van der Waals surface area contributed by atoms with E-state index >= 15 is 0 Å². The van der Waals surface area contributed by atoms with Crippen molar-refractivity contribution in [2.75, 3.05) is 25.5 Å². The van der Waals surface area contributed by atoms with Gasteiger partial charge in [0.25, 0.3) is 0 Å². The van der Waals surface area contributed by atoms with Crippen LogP contribution < -0.4 is 10.1 Å². The molecule has 1 aliphatic heterocycles. The molecule has 1 aromatic heterocycles. The minimum absolute atomic E-state index is 0.0428. The second-order valence-electron chi connectivity index (χ2n) is 5.95. The molecule has 1 aliphatic rings. The highest BCUT2D eigenvalue weighted by Crippen LogP contribution is 2.19. The number of nitrogens with zero attached hydrogens (tertiary/aromatic N) is 2. The molecule has 0 spiro atoms. The molecule has 2 heterocycles. The van der Waals surface area contributed by atoms with Crippen molar-refractivity contribution >= 4 is 29.0 Å². The lowest BCUT2D eigenvalue weighted by molar-refractivity contribution is -0.137. The first-order valence-electron chi connectivity index (χ1n) is 8.12. The predicted octanol–water partition coefficient (Wildman–Crippen LogP) is 3.02. The van der Waals surface area contributed by atoms with Gasteiger partial charge in [0.1, 0.15) is 18.4 Å². The number of amides is 3. The van der Waals surface area contributed by atoms with Crippen LogP contribution in [0, 0.1) is 0 Å². The van der Waals surface area contributed by atoms with Gasteiger partial charge < -0.3 is 19.9 Å². The Morgan fingerprint density at radius 1 is 1.28 bits per heavy atom. The summed E-state index contributed by atoms with van der Waals surface area (Å²) in [5.74, 6) is 0.702. The number of carbonyl (C=O) groups excluding carboxylic acids is 2. The van der Waals surface area contributed by atoms with E-state index in [-0.39, 0.29) is 11.9 Å². The van der Waals surface area contributed by atoms with Gasteiger partial charge in [-0.2, -0.15) is 0 Å². The highest BCUT2D eigenvalue weighted by molar-refractivity contribution is 7.09. The van der Waals surface area contributed by atoms with Crippen molar-refractivity contribution in [3.63, 3.8) is 0 Å². The molecule has 1 aromatic carbocycles. The van der Waals surface area contributed by atoms with Gasteiger partial charge >= 0.3 is 6.03 Å². The van der Waals surface area contributed by atoms with E-state index in [0.29, 0.717) is 25.4 Å². The van der Waals surface area contributed by atoms with Gasteiger partial charge in [-0.25, -0.2) is 4.79 Å². The van der Waals surface area contributed by atoms with Gasteiger partial charge in [-0.3, -0.25) is 4.79 Å². The Hall–Kier alpha value is -2.54. The zero-order valence-electron chi connectivity index (χ0n) is 14.3. The molecule has 132 valence electrons. The van der Waals surface area contributed by atoms with Crippen LogP contribution in [-0.2, 0) is 11.4 Å². The molecule has 3 amide bonds. The van der Waals surface area contributed by atoms with Crippen molar-refractivity contribution in [2.45, 2.75) is 19.6 Å². The number of urea groups is 1. The SMILES string of the molecule is C[C@H]1C(=O)N(C)CCN1C(=O)Nc1ccc(OCc2cccs2)cc1. The normalized spacial score (nSPS) is 17.5. The summed E-state index contributed by atoms with van der Waals surface area (Å²) in [6.07, 6.45) is 0. The van der Waals surface area contributed by atoms with Gasteiger partial charge in [-0.15, -0.1) is 11.3 Å². The number of hydrogen-bond acceptors (Lipinski definition) is 4. The molecule has 0 radical (unpaired) electrons. The minimum Gasteiger partial charge on any atom is -0.488 e. The van der Waals surface area contributed by atoms with Gasteiger partial charge in [-0.05, 0) is 42.6 Å². The Labute approximate surface area is 151 Å². The molecule has 0 unspecified atom stereocenters. The first kappa shape index (κ1) is 17.3. The third-order valence-corrected chi connectivity index (χ3v) is 5.05. The number of hydrogen-bond donors (Lipinski definition) is 1.